The van der Waals surface area contributed by atoms with Crippen LogP contribution in [-0.2, 0) is 0 Å². The van der Waals surface area contributed by atoms with Crippen molar-refractivity contribution >= 4 is 69.9 Å². The minimum absolute atomic E-state index is 0.822. The fourth-order valence-corrected chi connectivity index (χ4v) is 4.12. The minimum Gasteiger partial charge on any atom is -0.399 e. The molecule has 0 atom stereocenters. The highest BCUT2D eigenvalue weighted by molar-refractivity contribution is 9.13. The van der Waals surface area contributed by atoms with Crippen LogP contribution >= 0.6 is 31.9 Å². The summed E-state index contributed by atoms with van der Waals surface area (Å²) in [6.45, 7) is 0. The van der Waals surface area contributed by atoms with Gasteiger partial charge in [0.05, 0.1) is 0 Å². The van der Waals surface area contributed by atoms with E-state index in [9.17, 15) is 0 Å². The number of para-hydroxylation sites is 1. The number of fused-ring (bicyclic) bond motifs is 5. The average Bonchev–Trinajstić information content (AvgIpc) is 2.71. The minimum atomic E-state index is 0.822. The Labute approximate surface area is 175 Å². The van der Waals surface area contributed by atoms with Gasteiger partial charge in [-0.2, -0.15) is 0 Å². The van der Waals surface area contributed by atoms with Crippen LogP contribution in [0.15, 0.2) is 99.9 Å². The molecule has 0 aliphatic carbocycles. The Kier molecular flexibility index (Phi) is 5.15. The highest BCUT2D eigenvalue weighted by Crippen LogP contribution is 2.37. The molecule has 132 valence electrons. The highest BCUT2D eigenvalue weighted by Gasteiger charge is 2.08. The van der Waals surface area contributed by atoms with E-state index in [-0.39, 0.29) is 0 Å². The molecule has 0 aromatic heterocycles. The van der Waals surface area contributed by atoms with E-state index in [0.29, 0.717) is 0 Å². The standard InChI is InChI=1S/C18H10Br2.C6H7N/c19-17-10-9-15-14-6-5-11-3-1-2-4-12(11)13(14)7-8-16(15)18(17)20;7-6-4-2-1-3-5-6/h1-10H;1-5H,7H2. The van der Waals surface area contributed by atoms with Crippen LogP contribution in [0.2, 0.25) is 0 Å². The molecular weight excluding hydrogens is 462 g/mol. The maximum atomic E-state index is 5.36. The molecule has 1 nitrogen and oxygen atoms in total. The normalized spacial score (nSPS) is 10.7. The molecule has 0 unspecified atom stereocenters. The summed E-state index contributed by atoms with van der Waals surface area (Å²) in [4.78, 5) is 0. The molecule has 5 rings (SSSR count). The summed E-state index contributed by atoms with van der Waals surface area (Å²) < 4.78 is 2.20. The molecule has 0 aliphatic rings. The van der Waals surface area contributed by atoms with Gasteiger partial charge in [0.2, 0.25) is 0 Å². The molecule has 0 saturated heterocycles. The molecule has 0 heterocycles. The van der Waals surface area contributed by atoms with Crippen molar-refractivity contribution in [1.82, 2.24) is 0 Å². The molecule has 0 radical (unpaired) electrons. The van der Waals surface area contributed by atoms with Crippen molar-refractivity contribution in [3.8, 4) is 0 Å². The number of rotatable bonds is 0. The summed E-state index contributed by atoms with van der Waals surface area (Å²) in [6, 6.07) is 31.1. The van der Waals surface area contributed by atoms with Crippen molar-refractivity contribution in [2.75, 3.05) is 5.73 Å². The van der Waals surface area contributed by atoms with Crippen LogP contribution in [0.5, 0.6) is 0 Å². The second-order valence-corrected chi connectivity index (χ2v) is 7.96. The first-order chi connectivity index (χ1) is 13.1. The van der Waals surface area contributed by atoms with Crippen LogP contribution in [0.1, 0.15) is 0 Å². The van der Waals surface area contributed by atoms with Gasteiger partial charge in [-0.15, -0.1) is 0 Å². The van der Waals surface area contributed by atoms with Crippen LogP contribution in [0.25, 0.3) is 32.3 Å². The first kappa shape index (κ1) is 18.0. The van der Waals surface area contributed by atoms with E-state index in [2.05, 4.69) is 92.5 Å². The van der Waals surface area contributed by atoms with E-state index < -0.39 is 0 Å². The van der Waals surface area contributed by atoms with Crippen molar-refractivity contribution in [2.45, 2.75) is 0 Å². The zero-order valence-corrected chi connectivity index (χ0v) is 17.7. The first-order valence-corrected chi connectivity index (χ1v) is 10.2. The molecule has 0 amide bonds. The Hall–Kier alpha value is -2.36. The van der Waals surface area contributed by atoms with E-state index in [1.54, 1.807) is 0 Å². The van der Waals surface area contributed by atoms with Crippen LogP contribution in [0, 0.1) is 0 Å². The van der Waals surface area contributed by atoms with E-state index in [1.165, 1.54) is 32.3 Å². The molecule has 2 N–H and O–H groups in total. The molecule has 0 saturated carbocycles. The number of hydrogen-bond acceptors (Lipinski definition) is 1. The third-order valence-corrected chi connectivity index (χ3v) is 6.66. The maximum Gasteiger partial charge on any atom is 0.0396 e. The van der Waals surface area contributed by atoms with Crippen LogP contribution in [-0.4, -0.2) is 0 Å². The molecule has 3 heteroatoms. The number of halogens is 2. The molecule has 0 fully saturated rings. The van der Waals surface area contributed by atoms with Gasteiger partial charge in [-0.3, -0.25) is 0 Å². The second-order valence-electron chi connectivity index (χ2n) is 6.31. The van der Waals surface area contributed by atoms with Gasteiger partial charge < -0.3 is 5.73 Å². The van der Waals surface area contributed by atoms with Crippen molar-refractivity contribution in [3.63, 3.8) is 0 Å². The average molecular weight is 479 g/mol. The van der Waals surface area contributed by atoms with Crippen molar-refractivity contribution < 1.29 is 0 Å². The zero-order chi connectivity index (χ0) is 18.8. The molecule has 0 bridgehead atoms. The van der Waals surface area contributed by atoms with Crippen molar-refractivity contribution in [1.29, 1.82) is 0 Å². The zero-order valence-electron chi connectivity index (χ0n) is 14.5. The Morgan fingerprint density at radius 3 is 1.78 bits per heavy atom. The monoisotopic (exact) mass is 477 g/mol. The lowest BCUT2D eigenvalue weighted by Crippen LogP contribution is -1.82. The number of benzene rings is 5. The topological polar surface area (TPSA) is 26.0 Å². The molecule has 27 heavy (non-hydrogen) atoms. The van der Waals surface area contributed by atoms with Gasteiger partial charge in [-0.25, -0.2) is 0 Å². The summed E-state index contributed by atoms with van der Waals surface area (Å²) in [6.07, 6.45) is 0. The summed E-state index contributed by atoms with van der Waals surface area (Å²) in [5, 5.41) is 7.73. The fourth-order valence-electron chi connectivity index (χ4n) is 3.29. The smallest absolute Gasteiger partial charge is 0.0396 e. The Morgan fingerprint density at radius 2 is 1.04 bits per heavy atom. The van der Waals surface area contributed by atoms with Gasteiger partial charge in [0.15, 0.2) is 0 Å². The Balaban J connectivity index is 0.000000218. The largest absolute Gasteiger partial charge is 0.399 e. The lowest BCUT2D eigenvalue weighted by atomic mass is 9.97. The van der Waals surface area contributed by atoms with Gasteiger partial charge in [-0.05, 0) is 82.4 Å². The van der Waals surface area contributed by atoms with Gasteiger partial charge in [0.25, 0.3) is 0 Å². The molecule has 5 aromatic rings. The molecule has 0 spiro atoms. The molecule has 0 aliphatic heterocycles. The van der Waals surface area contributed by atoms with E-state index >= 15 is 0 Å². The first-order valence-electron chi connectivity index (χ1n) is 8.64. The van der Waals surface area contributed by atoms with Gasteiger partial charge in [0, 0.05) is 14.6 Å². The van der Waals surface area contributed by atoms with Gasteiger partial charge >= 0.3 is 0 Å². The highest BCUT2D eigenvalue weighted by atomic mass is 79.9. The van der Waals surface area contributed by atoms with E-state index in [0.717, 1.165) is 14.6 Å². The van der Waals surface area contributed by atoms with E-state index in [1.807, 2.05) is 30.3 Å². The van der Waals surface area contributed by atoms with Crippen LogP contribution < -0.4 is 5.73 Å². The quantitative estimate of drug-likeness (QED) is 0.177. The summed E-state index contributed by atoms with van der Waals surface area (Å²) in [5.74, 6) is 0. The fraction of sp³-hybridized carbons (Fsp3) is 0. The lowest BCUT2D eigenvalue weighted by Gasteiger charge is -2.09. The number of anilines is 1. The van der Waals surface area contributed by atoms with Gasteiger partial charge in [0.1, 0.15) is 0 Å². The SMILES string of the molecule is Brc1ccc2c(ccc3c4ccccc4ccc23)c1Br.Nc1ccccc1. The third-order valence-electron chi connectivity index (χ3n) is 4.61. The predicted octanol–water partition coefficient (Wildman–Crippen LogP) is 7.94. The van der Waals surface area contributed by atoms with Gasteiger partial charge in [-0.1, -0.05) is 72.8 Å². The summed E-state index contributed by atoms with van der Waals surface area (Å²) in [7, 11) is 0. The van der Waals surface area contributed by atoms with E-state index in [4.69, 9.17) is 5.73 Å². The van der Waals surface area contributed by atoms with Crippen LogP contribution in [0.4, 0.5) is 5.69 Å². The predicted molar refractivity (Wildman–Crippen MR) is 125 cm³/mol. The number of nitrogen functional groups attached to an aromatic ring is 1. The molecular formula is C24H17Br2N. The van der Waals surface area contributed by atoms with Crippen LogP contribution in [0.3, 0.4) is 0 Å². The summed E-state index contributed by atoms with van der Waals surface area (Å²) in [5.41, 5.74) is 6.18. The Morgan fingerprint density at radius 1 is 0.481 bits per heavy atom. The maximum absolute atomic E-state index is 5.36. The van der Waals surface area contributed by atoms with Crippen molar-refractivity contribution in [2.24, 2.45) is 0 Å². The summed E-state index contributed by atoms with van der Waals surface area (Å²) >= 11 is 7.24. The number of hydrogen-bond donors (Lipinski definition) is 1. The van der Waals surface area contributed by atoms with Crippen molar-refractivity contribution in [3.05, 3.63) is 99.9 Å². The Bertz CT molecular complexity index is 1250. The number of nitrogens with two attached hydrogens (primary N) is 1. The third kappa shape index (κ3) is 3.58. The second kappa shape index (κ2) is 7.71. The lowest BCUT2D eigenvalue weighted by molar-refractivity contribution is 1.67. The molecule has 5 aromatic carbocycles.